The summed E-state index contributed by atoms with van der Waals surface area (Å²) in [4.78, 5) is 16.9. The zero-order valence-electron chi connectivity index (χ0n) is 26.2. The van der Waals surface area contributed by atoms with Crippen LogP contribution in [0.2, 0.25) is 0 Å². The molecule has 2 nitrogen and oxygen atoms in total. The predicted molar refractivity (Wildman–Crippen MR) is 192 cm³/mol. The van der Waals surface area contributed by atoms with Crippen LogP contribution >= 0.6 is 15.8 Å². The van der Waals surface area contributed by atoms with E-state index >= 15 is 0 Å². The van der Waals surface area contributed by atoms with Crippen molar-refractivity contribution in [1.29, 1.82) is 0 Å². The van der Waals surface area contributed by atoms with Crippen LogP contribution in [-0.4, -0.2) is 29.6 Å². The van der Waals surface area contributed by atoms with Crippen LogP contribution in [0.15, 0.2) is 121 Å². The Morgan fingerprint density at radius 1 is 0.636 bits per heavy atom. The number of likely N-dealkylation sites (tertiary alicyclic amines) is 1. The highest BCUT2D eigenvalue weighted by molar-refractivity contribution is 7.80. The van der Waals surface area contributed by atoms with Crippen molar-refractivity contribution in [2.45, 2.75) is 46.6 Å². The van der Waals surface area contributed by atoms with Crippen molar-refractivity contribution in [3.63, 3.8) is 0 Å². The molecule has 0 saturated carbocycles. The van der Waals surface area contributed by atoms with E-state index in [1.807, 2.05) is 6.07 Å². The Balaban J connectivity index is 1.37. The van der Waals surface area contributed by atoms with Crippen molar-refractivity contribution in [1.82, 2.24) is 4.90 Å². The minimum absolute atomic E-state index is 0.179. The van der Waals surface area contributed by atoms with Gasteiger partial charge in [-0.05, 0) is 95.1 Å². The molecule has 1 saturated heterocycles. The highest BCUT2D eigenvalue weighted by atomic mass is 31.1. The summed E-state index contributed by atoms with van der Waals surface area (Å²) >= 11 is 0. The summed E-state index contributed by atoms with van der Waals surface area (Å²) in [5, 5.41) is 6.50. The van der Waals surface area contributed by atoms with Crippen LogP contribution in [-0.2, 0) is 0 Å². The van der Waals surface area contributed by atoms with Crippen LogP contribution in [0, 0.1) is 27.7 Å². The van der Waals surface area contributed by atoms with Gasteiger partial charge in [-0.15, -0.1) is 0 Å². The van der Waals surface area contributed by atoms with Gasteiger partial charge in [0.2, 0.25) is 0 Å². The molecule has 0 aliphatic carbocycles. The summed E-state index contributed by atoms with van der Waals surface area (Å²) in [5.41, 5.74) is 6.07. The molecule has 1 amide bonds. The first-order valence-corrected chi connectivity index (χ1v) is 18.5. The lowest BCUT2D eigenvalue weighted by Gasteiger charge is -2.31. The van der Waals surface area contributed by atoms with E-state index in [0.717, 1.165) is 36.4 Å². The molecule has 44 heavy (non-hydrogen) atoms. The van der Waals surface area contributed by atoms with Crippen LogP contribution < -0.4 is 26.5 Å². The van der Waals surface area contributed by atoms with Gasteiger partial charge in [0.15, 0.2) is 0 Å². The molecule has 0 N–H and O–H groups in total. The van der Waals surface area contributed by atoms with E-state index in [-0.39, 0.29) is 11.9 Å². The molecule has 1 atom stereocenters. The first kappa shape index (κ1) is 30.5. The molecule has 0 spiro atoms. The maximum atomic E-state index is 14.7. The lowest BCUT2D eigenvalue weighted by molar-refractivity contribution is 0.0751. The van der Waals surface area contributed by atoms with Gasteiger partial charge in [0.05, 0.1) is 0 Å². The fourth-order valence-electron chi connectivity index (χ4n) is 6.66. The van der Waals surface area contributed by atoms with Gasteiger partial charge in [0.25, 0.3) is 5.91 Å². The molecule has 0 aromatic heterocycles. The Labute approximate surface area is 265 Å². The average molecular weight is 614 g/mol. The number of rotatable bonds is 8. The molecule has 1 heterocycles. The molecule has 1 aliphatic rings. The van der Waals surface area contributed by atoms with Gasteiger partial charge in [-0.25, -0.2) is 0 Å². The van der Waals surface area contributed by atoms with Crippen molar-refractivity contribution in [2.24, 2.45) is 0 Å². The van der Waals surface area contributed by atoms with Crippen LogP contribution in [0.1, 0.15) is 45.5 Å². The molecule has 0 radical (unpaired) electrons. The summed E-state index contributed by atoms with van der Waals surface area (Å²) in [6.07, 6.45) is 3.09. The third-order valence-corrected chi connectivity index (χ3v) is 13.5. The van der Waals surface area contributed by atoms with Gasteiger partial charge in [0.1, 0.15) is 0 Å². The lowest BCUT2D eigenvalue weighted by Crippen LogP contribution is -2.41. The van der Waals surface area contributed by atoms with Gasteiger partial charge in [-0.2, -0.15) is 0 Å². The fraction of sp³-hybridized carbons (Fsp3) is 0.225. The average Bonchev–Trinajstić information content (AvgIpc) is 3.48. The third-order valence-electron chi connectivity index (χ3n) is 8.47. The smallest absolute Gasteiger partial charge is 0.254 e. The number of carbonyl (C=O) groups excluding carboxylic acids is 1. The monoisotopic (exact) mass is 613 g/mol. The number of hydrogen-bond acceptors (Lipinski definition) is 1. The first-order chi connectivity index (χ1) is 21.4. The topological polar surface area (TPSA) is 20.3 Å². The van der Waals surface area contributed by atoms with Gasteiger partial charge < -0.3 is 4.90 Å². The van der Waals surface area contributed by atoms with Crippen LogP contribution in [0.3, 0.4) is 0 Å². The molecule has 0 bridgehead atoms. The maximum absolute atomic E-state index is 14.7. The second-order valence-corrected chi connectivity index (χ2v) is 16.6. The molecule has 6 rings (SSSR count). The Morgan fingerprint density at radius 2 is 1.11 bits per heavy atom. The Hall–Kier alpha value is -3.57. The summed E-state index contributed by atoms with van der Waals surface area (Å²) < 4.78 is 0. The number of aryl methyl sites for hydroxylation is 4. The maximum Gasteiger partial charge on any atom is 0.254 e. The highest BCUT2D eigenvalue weighted by Gasteiger charge is 2.34. The highest BCUT2D eigenvalue weighted by Crippen LogP contribution is 2.40. The molecule has 5 aromatic rings. The zero-order chi connectivity index (χ0) is 30.6. The molecule has 222 valence electrons. The molecule has 5 aromatic carbocycles. The Kier molecular flexibility index (Phi) is 9.42. The van der Waals surface area contributed by atoms with E-state index in [2.05, 4.69) is 148 Å². The van der Waals surface area contributed by atoms with Crippen molar-refractivity contribution >= 4 is 48.3 Å². The van der Waals surface area contributed by atoms with Crippen molar-refractivity contribution in [2.75, 3.05) is 12.7 Å². The van der Waals surface area contributed by atoms with E-state index in [1.165, 1.54) is 43.5 Å². The number of carbonyl (C=O) groups is 1. The largest absolute Gasteiger partial charge is 0.335 e. The van der Waals surface area contributed by atoms with Crippen molar-refractivity contribution in [3.8, 4) is 0 Å². The van der Waals surface area contributed by atoms with E-state index < -0.39 is 15.8 Å². The van der Waals surface area contributed by atoms with Gasteiger partial charge in [-0.1, -0.05) is 138 Å². The van der Waals surface area contributed by atoms with Gasteiger partial charge >= 0.3 is 0 Å². The van der Waals surface area contributed by atoms with E-state index in [0.29, 0.717) is 0 Å². The van der Waals surface area contributed by atoms with Crippen LogP contribution in [0.4, 0.5) is 0 Å². The summed E-state index contributed by atoms with van der Waals surface area (Å²) in [6.45, 7) is 9.61. The van der Waals surface area contributed by atoms with Crippen LogP contribution in [0.5, 0.6) is 0 Å². The van der Waals surface area contributed by atoms with Gasteiger partial charge in [-0.3, -0.25) is 4.79 Å². The second kappa shape index (κ2) is 13.6. The summed E-state index contributed by atoms with van der Waals surface area (Å²) in [7, 11) is -1.50. The second-order valence-electron chi connectivity index (χ2n) is 12.1. The minimum atomic E-state index is -0.875. The van der Waals surface area contributed by atoms with E-state index in [4.69, 9.17) is 0 Å². The van der Waals surface area contributed by atoms with Crippen molar-refractivity contribution in [3.05, 3.63) is 149 Å². The molecule has 1 aliphatic heterocycles. The van der Waals surface area contributed by atoms with E-state index in [1.54, 1.807) is 0 Å². The number of benzene rings is 5. The SMILES string of the molecule is Cc1cc(C)cc(P(C[C@@H]2CCCN2C(=O)c2ccccc2P(c2ccccc2)c2ccccc2)c2cc(C)cc(C)c2)c1. The Morgan fingerprint density at radius 3 is 1.64 bits per heavy atom. The fourth-order valence-corrected chi connectivity index (χ4v) is 12.1. The molecular weight excluding hydrogens is 572 g/mol. The summed E-state index contributed by atoms with van der Waals surface area (Å²) in [6, 6.07) is 44.0. The zero-order valence-corrected chi connectivity index (χ0v) is 28.0. The quantitative estimate of drug-likeness (QED) is 0.167. The molecular formula is C40H41NOP2. The lowest BCUT2D eigenvalue weighted by atomic mass is 10.1. The number of amides is 1. The molecule has 4 heteroatoms. The van der Waals surface area contributed by atoms with Crippen LogP contribution in [0.25, 0.3) is 0 Å². The molecule has 1 fully saturated rings. The predicted octanol–water partition coefficient (Wildman–Crippen LogP) is 7.42. The first-order valence-electron chi connectivity index (χ1n) is 15.6. The minimum Gasteiger partial charge on any atom is -0.335 e. The molecule has 0 unspecified atom stereocenters. The summed E-state index contributed by atoms with van der Waals surface area (Å²) in [5.74, 6) is 0.179. The third kappa shape index (κ3) is 6.73. The standard InChI is InChI=1S/C40H41NOP2/c1-29-22-30(2)25-36(24-29)43(37-26-31(3)23-32(4)27-37)28-33-14-13-21-41(33)40(42)38-19-11-12-20-39(38)44(34-15-7-5-8-16-34)35-17-9-6-10-18-35/h5-12,15-20,22-27,33H,13-14,21,28H2,1-4H3/t33-/m0/s1. The van der Waals surface area contributed by atoms with Crippen molar-refractivity contribution < 1.29 is 4.79 Å². The number of hydrogen-bond donors (Lipinski definition) is 0. The van der Waals surface area contributed by atoms with Gasteiger partial charge in [0, 0.05) is 18.2 Å². The normalized spacial score (nSPS) is 14.9. The van der Waals surface area contributed by atoms with E-state index in [9.17, 15) is 4.79 Å². The number of nitrogens with zero attached hydrogens (tertiary/aromatic N) is 1. The Bertz CT molecular complexity index is 1620.